The molecule has 0 aliphatic rings. The molecular weight excluding hydrogens is 338 g/mol. The Morgan fingerprint density at radius 3 is 2.72 bits per heavy atom. The van der Waals surface area contributed by atoms with Crippen molar-refractivity contribution in [3.63, 3.8) is 0 Å². The molecule has 2 aromatic rings. The van der Waals surface area contributed by atoms with E-state index in [0.29, 0.717) is 41.7 Å². The number of para-hydroxylation sites is 1. The number of carbonyl (C=O) groups excluding carboxylic acids is 1. The van der Waals surface area contributed by atoms with Crippen LogP contribution in [-0.4, -0.2) is 41.0 Å². The van der Waals surface area contributed by atoms with Gasteiger partial charge in [0.25, 0.3) is 5.56 Å². The lowest BCUT2D eigenvalue weighted by Gasteiger charge is -2.16. The fourth-order valence-electron chi connectivity index (χ4n) is 2.28. The van der Waals surface area contributed by atoms with Crippen molar-refractivity contribution < 1.29 is 9.53 Å². The van der Waals surface area contributed by atoms with Crippen molar-refractivity contribution in [2.45, 2.75) is 37.7 Å². The van der Waals surface area contributed by atoms with E-state index in [0.717, 1.165) is 0 Å². The molecule has 0 aliphatic carbocycles. The molecule has 0 radical (unpaired) electrons. The number of carbonyl (C=O) groups is 1. The van der Waals surface area contributed by atoms with E-state index in [4.69, 9.17) is 4.74 Å². The van der Waals surface area contributed by atoms with Gasteiger partial charge in [-0.25, -0.2) is 4.98 Å². The van der Waals surface area contributed by atoms with Gasteiger partial charge >= 0.3 is 0 Å². The third-order valence-corrected chi connectivity index (χ3v) is 4.77. The summed E-state index contributed by atoms with van der Waals surface area (Å²) in [5.41, 5.74) is 0.526. The Labute approximate surface area is 152 Å². The van der Waals surface area contributed by atoms with E-state index in [1.54, 1.807) is 17.7 Å². The molecule has 0 spiro atoms. The van der Waals surface area contributed by atoms with Gasteiger partial charge in [-0.1, -0.05) is 37.7 Å². The SMILES string of the molecule is COCCn1c(S[C@@H](C)C(=O)NCC(C)C)nc2ccccc2c1=O. The number of benzene rings is 1. The summed E-state index contributed by atoms with van der Waals surface area (Å²) in [6.45, 7) is 7.35. The van der Waals surface area contributed by atoms with Crippen LogP contribution in [0.1, 0.15) is 20.8 Å². The smallest absolute Gasteiger partial charge is 0.262 e. The largest absolute Gasteiger partial charge is 0.383 e. The molecule has 0 bridgehead atoms. The van der Waals surface area contributed by atoms with Gasteiger partial charge in [-0.2, -0.15) is 0 Å². The first kappa shape index (κ1) is 19.5. The molecule has 7 heteroatoms. The first-order valence-electron chi connectivity index (χ1n) is 8.37. The molecule has 1 heterocycles. The Hall–Kier alpha value is -1.86. The number of nitrogens with zero attached hydrogens (tertiary/aromatic N) is 2. The predicted octanol–water partition coefficient (Wildman–Crippen LogP) is 2.30. The van der Waals surface area contributed by atoms with Gasteiger partial charge in [0.05, 0.1) is 29.3 Å². The number of thioether (sulfide) groups is 1. The fraction of sp³-hybridized carbons (Fsp3) is 0.500. The van der Waals surface area contributed by atoms with Crippen molar-refractivity contribution in [2.75, 3.05) is 20.3 Å². The molecule has 6 nitrogen and oxygen atoms in total. The summed E-state index contributed by atoms with van der Waals surface area (Å²) in [5.74, 6) is 0.333. The molecule has 1 amide bonds. The van der Waals surface area contributed by atoms with Gasteiger partial charge in [-0.05, 0) is 25.0 Å². The maximum atomic E-state index is 12.8. The standard InChI is InChI=1S/C18H25N3O3S/c1-12(2)11-19-16(22)13(3)25-18-20-15-8-6-5-7-14(15)17(23)21(18)9-10-24-4/h5-8,12-13H,9-11H2,1-4H3,(H,19,22)/t13-/m0/s1. The topological polar surface area (TPSA) is 73.2 Å². The summed E-state index contributed by atoms with van der Waals surface area (Å²) in [6.07, 6.45) is 0. The zero-order valence-electron chi connectivity index (χ0n) is 15.1. The molecule has 25 heavy (non-hydrogen) atoms. The second-order valence-corrected chi connectivity index (χ2v) is 7.57. The van der Waals surface area contributed by atoms with E-state index < -0.39 is 0 Å². The summed E-state index contributed by atoms with van der Waals surface area (Å²) < 4.78 is 6.70. The highest BCUT2D eigenvalue weighted by Gasteiger charge is 2.19. The maximum Gasteiger partial charge on any atom is 0.262 e. The minimum atomic E-state index is -0.347. The molecule has 2 rings (SSSR count). The van der Waals surface area contributed by atoms with Crippen LogP contribution in [0.4, 0.5) is 0 Å². The molecule has 1 atom stereocenters. The van der Waals surface area contributed by atoms with E-state index in [2.05, 4.69) is 10.3 Å². The lowest BCUT2D eigenvalue weighted by atomic mass is 10.2. The van der Waals surface area contributed by atoms with Crippen molar-refractivity contribution in [1.82, 2.24) is 14.9 Å². The van der Waals surface area contributed by atoms with E-state index in [-0.39, 0.29) is 16.7 Å². The second kappa shape index (κ2) is 9.01. The second-order valence-electron chi connectivity index (χ2n) is 6.26. The molecule has 0 aliphatic heterocycles. The molecule has 0 saturated heterocycles. The summed E-state index contributed by atoms with van der Waals surface area (Å²) in [7, 11) is 1.59. The maximum absolute atomic E-state index is 12.8. The van der Waals surface area contributed by atoms with E-state index in [1.165, 1.54) is 11.8 Å². The van der Waals surface area contributed by atoms with E-state index >= 15 is 0 Å². The van der Waals surface area contributed by atoms with Crippen molar-refractivity contribution in [1.29, 1.82) is 0 Å². The van der Waals surface area contributed by atoms with Gasteiger partial charge in [0, 0.05) is 13.7 Å². The van der Waals surface area contributed by atoms with Crippen LogP contribution < -0.4 is 10.9 Å². The third-order valence-electron chi connectivity index (χ3n) is 3.68. The summed E-state index contributed by atoms with van der Waals surface area (Å²) in [6, 6.07) is 7.24. The molecule has 1 N–H and O–H groups in total. The number of rotatable bonds is 8. The first-order valence-corrected chi connectivity index (χ1v) is 9.25. The van der Waals surface area contributed by atoms with Gasteiger partial charge < -0.3 is 10.1 Å². The van der Waals surface area contributed by atoms with Crippen molar-refractivity contribution in [3.8, 4) is 0 Å². The number of hydrogen-bond donors (Lipinski definition) is 1. The van der Waals surface area contributed by atoms with Crippen molar-refractivity contribution >= 4 is 28.6 Å². The number of ether oxygens (including phenoxy) is 1. The van der Waals surface area contributed by atoms with Crippen LogP contribution in [0.2, 0.25) is 0 Å². The van der Waals surface area contributed by atoms with E-state index in [1.807, 2.05) is 39.0 Å². The lowest BCUT2D eigenvalue weighted by molar-refractivity contribution is -0.120. The minimum Gasteiger partial charge on any atom is -0.383 e. The van der Waals surface area contributed by atoms with Gasteiger partial charge in [0.1, 0.15) is 0 Å². The monoisotopic (exact) mass is 363 g/mol. The number of amides is 1. The highest BCUT2D eigenvalue weighted by atomic mass is 32.2. The number of fused-ring (bicyclic) bond motifs is 1. The number of hydrogen-bond acceptors (Lipinski definition) is 5. The number of nitrogens with one attached hydrogen (secondary N) is 1. The third kappa shape index (κ3) is 5.06. The minimum absolute atomic E-state index is 0.0561. The van der Waals surface area contributed by atoms with Crippen LogP contribution in [0.15, 0.2) is 34.2 Å². The lowest BCUT2D eigenvalue weighted by Crippen LogP contribution is -2.34. The van der Waals surface area contributed by atoms with Gasteiger partial charge in [-0.15, -0.1) is 0 Å². The number of methoxy groups -OCH3 is 1. The average Bonchev–Trinajstić information content (AvgIpc) is 2.59. The van der Waals surface area contributed by atoms with Crippen LogP contribution in [0.5, 0.6) is 0 Å². The molecule has 1 aromatic carbocycles. The zero-order valence-corrected chi connectivity index (χ0v) is 15.9. The quantitative estimate of drug-likeness (QED) is 0.575. The molecule has 136 valence electrons. The highest BCUT2D eigenvalue weighted by molar-refractivity contribution is 8.00. The highest BCUT2D eigenvalue weighted by Crippen LogP contribution is 2.22. The Morgan fingerprint density at radius 2 is 2.04 bits per heavy atom. The molecule has 0 fully saturated rings. The fourth-order valence-corrected chi connectivity index (χ4v) is 3.24. The zero-order chi connectivity index (χ0) is 18.4. The van der Waals surface area contributed by atoms with Crippen LogP contribution in [0.25, 0.3) is 10.9 Å². The van der Waals surface area contributed by atoms with Gasteiger partial charge in [0.15, 0.2) is 5.16 Å². The summed E-state index contributed by atoms with van der Waals surface area (Å²) in [5, 5.41) is 3.67. The van der Waals surface area contributed by atoms with Crippen LogP contribution in [-0.2, 0) is 16.1 Å². The Balaban J connectivity index is 2.31. The van der Waals surface area contributed by atoms with Crippen LogP contribution in [0, 0.1) is 5.92 Å². The van der Waals surface area contributed by atoms with E-state index in [9.17, 15) is 9.59 Å². The normalized spacial score (nSPS) is 12.5. The Morgan fingerprint density at radius 1 is 1.32 bits per heavy atom. The predicted molar refractivity (Wildman–Crippen MR) is 101 cm³/mol. The average molecular weight is 363 g/mol. The Bertz CT molecular complexity index is 789. The van der Waals surface area contributed by atoms with Gasteiger partial charge in [0.2, 0.25) is 5.91 Å². The Kier molecular flexibility index (Phi) is 7.01. The van der Waals surface area contributed by atoms with Gasteiger partial charge in [-0.3, -0.25) is 14.2 Å². The van der Waals surface area contributed by atoms with Crippen molar-refractivity contribution in [2.24, 2.45) is 5.92 Å². The summed E-state index contributed by atoms with van der Waals surface area (Å²) in [4.78, 5) is 29.6. The molecular formula is C18H25N3O3S. The first-order chi connectivity index (χ1) is 11.9. The van der Waals surface area contributed by atoms with Crippen LogP contribution >= 0.6 is 11.8 Å². The van der Waals surface area contributed by atoms with Crippen LogP contribution in [0.3, 0.4) is 0 Å². The molecule has 0 saturated carbocycles. The van der Waals surface area contributed by atoms with Crippen molar-refractivity contribution in [3.05, 3.63) is 34.6 Å². The molecule has 1 aromatic heterocycles. The molecule has 0 unspecified atom stereocenters. The number of aromatic nitrogens is 2. The summed E-state index contributed by atoms with van der Waals surface area (Å²) >= 11 is 1.29.